The van der Waals surface area contributed by atoms with Crippen molar-refractivity contribution < 1.29 is 17.9 Å². The Labute approximate surface area is 139 Å². The number of ether oxygens (including phenoxy) is 1. The van der Waals surface area contributed by atoms with Gasteiger partial charge in [-0.2, -0.15) is 13.2 Å². The molecule has 0 amide bonds. The number of alkyl halides is 3. The lowest BCUT2D eigenvalue weighted by molar-refractivity contribution is -0.137. The number of hydrogen-bond donors (Lipinski definition) is 0. The highest BCUT2D eigenvalue weighted by Gasteiger charge is 2.32. The average molecular weight is 341 g/mol. The van der Waals surface area contributed by atoms with Crippen LogP contribution in [0.1, 0.15) is 36.8 Å². The minimum Gasteiger partial charge on any atom is -0.370 e. The molecule has 0 radical (unpaired) electrons. The quantitative estimate of drug-likeness (QED) is 0.827. The van der Waals surface area contributed by atoms with Gasteiger partial charge in [-0.25, -0.2) is 4.98 Å². The van der Waals surface area contributed by atoms with Gasteiger partial charge in [0.15, 0.2) is 0 Å². The predicted octanol–water partition coefficient (Wildman–Crippen LogP) is 3.86. The molecular weight excluding hydrogens is 319 g/mol. The summed E-state index contributed by atoms with van der Waals surface area (Å²) in [6.07, 6.45) is -1.75. The number of fused-ring (bicyclic) bond motifs is 1. The van der Waals surface area contributed by atoms with E-state index in [1.165, 1.54) is 6.07 Å². The van der Waals surface area contributed by atoms with Crippen molar-refractivity contribution in [2.75, 3.05) is 27.2 Å². The molecule has 1 aromatic carbocycles. The van der Waals surface area contributed by atoms with Crippen LogP contribution in [0, 0.1) is 0 Å². The molecule has 1 aliphatic rings. The number of aryl methyl sites for hydroxylation is 1. The van der Waals surface area contributed by atoms with Gasteiger partial charge in [-0.05, 0) is 58.1 Å². The lowest BCUT2D eigenvalue weighted by Crippen LogP contribution is -2.16. The molecule has 1 saturated heterocycles. The van der Waals surface area contributed by atoms with Crippen LogP contribution in [0.4, 0.5) is 13.2 Å². The number of rotatable bonds is 5. The van der Waals surface area contributed by atoms with Crippen molar-refractivity contribution in [1.29, 1.82) is 0 Å². The number of halogens is 3. The molecule has 2 heterocycles. The molecule has 2 aromatic rings. The SMILES string of the molecule is CN(C)CCCn1c(C2CCCO2)nc2cc(C(F)(F)F)ccc21. The van der Waals surface area contributed by atoms with Crippen LogP contribution in [0.3, 0.4) is 0 Å². The van der Waals surface area contributed by atoms with Crippen molar-refractivity contribution in [3.63, 3.8) is 0 Å². The molecule has 1 atom stereocenters. The number of hydrogen-bond acceptors (Lipinski definition) is 3. The summed E-state index contributed by atoms with van der Waals surface area (Å²) >= 11 is 0. The van der Waals surface area contributed by atoms with E-state index < -0.39 is 11.7 Å². The highest BCUT2D eigenvalue weighted by Crippen LogP contribution is 2.34. The summed E-state index contributed by atoms with van der Waals surface area (Å²) in [6.45, 7) is 2.31. The Balaban J connectivity index is 1.98. The van der Waals surface area contributed by atoms with Gasteiger partial charge in [0.1, 0.15) is 11.9 Å². The zero-order valence-corrected chi connectivity index (χ0v) is 13.9. The van der Waals surface area contributed by atoms with Crippen LogP contribution < -0.4 is 0 Å². The van der Waals surface area contributed by atoms with E-state index in [0.717, 1.165) is 55.8 Å². The minimum absolute atomic E-state index is 0.119. The van der Waals surface area contributed by atoms with Gasteiger partial charge in [0.2, 0.25) is 0 Å². The third kappa shape index (κ3) is 3.57. The number of benzene rings is 1. The molecule has 0 spiro atoms. The Hall–Kier alpha value is -1.60. The van der Waals surface area contributed by atoms with Gasteiger partial charge < -0.3 is 14.2 Å². The maximum atomic E-state index is 13.0. The van der Waals surface area contributed by atoms with Crippen LogP contribution in [0.5, 0.6) is 0 Å². The highest BCUT2D eigenvalue weighted by atomic mass is 19.4. The molecule has 0 saturated carbocycles. The smallest absolute Gasteiger partial charge is 0.370 e. The van der Waals surface area contributed by atoms with E-state index in [1.807, 2.05) is 18.7 Å². The summed E-state index contributed by atoms with van der Waals surface area (Å²) in [4.78, 5) is 6.58. The van der Waals surface area contributed by atoms with E-state index in [-0.39, 0.29) is 6.10 Å². The van der Waals surface area contributed by atoms with Crippen molar-refractivity contribution in [2.45, 2.75) is 38.1 Å². The maximum absolute atomic E-state index is 13.0. The van der Waals surface area contributed by atoms with Crippen molar-refractivity contribution in [1.82, 2.24) is 14.5 Å². The molecule has 132 valence electrons. The van der Waals surface area contributed by atoms with Gasteiger partial charge in [-0.15, -0.1) is 0 Å². The largest absolute Gasteiger partial charge is 0.416 e. The van der Waals surface area contributed by atoms with E-state index in [0.29, 0.717) is 12.1 Å². The molecular formula is C17H22F3N3O. The fourth-order valence-corrected chi connectivity index (χ4v) is 3.13. The van der Waals surface area contributed by atoms with Crippen LogP contribution in [0.25, 0.3) is 11.0 Å². The molecule has 3 rings (SSSR count). The molecule has 0 aliphatic carbocycles. The first kappa shape index (κ1) is 17.2. The van der Waals surface area contributed by atoms with E-state index in [4.69, 9.17) is 4.74 Å². The van der Waals surface area contributed by atoms with Gasteiger partial charge >= 0.3 is 6.18 Å². The molecule has 4 nitrogen and oxygen atoms in total. The summed E-state index contributed by atoms with van der Waals surface area (Å²) in [5.74, 6) is 0.751. The molecule has 7 heteroatoms. The predicted molar refractivity (Wildman–Crippen MR) is 85.8 cm³/mol. The second-order valence-electron chi connectivity index (χ2n) is 6.48. The fraction of sp³-hybridized carbons (Fsp3) is 0.588. The van der Waals surface area contributed by atoms with E-state index in [1.54, 1.807) is 0 Å². The van der Waals surface area contributed by atoms with Crippen LogP contribution >= 0.6 is 0 Å². The number of imidazole rings is 1. The Morgan fingerprint density at radius 3 is 2.75 bits per heavy atom. The van der Waals surface area contributed by atoms with Crippen LogP contribution in [0.15, 0.2) is 18.2 Å². The van der Waals surface area contributed by atoms with Gasteiger partial charge in [0, 0.05) is 13.2 Å². The zero-order valence-electron chi connectivity index (χ0n) is 13.9. The van der Waals surface area contributed by atoms with Gasteiger partial charge in [-0.3, -0.25) is 0 Å². The van der Waals surface area contributed by atoms with Crippen molar-refractivity contribution in [2.24, 2.45) is 0 Å². The summed E-state index contributed by atoms with van der Waals surface area (Å²) in [6, 6.07) is 3.79. The second kappa shape index (κ2) is 6.72. The van der Waals surface area contributed by atoms with Gasteiger partial charge in [-0.1, -0.05) is 0 Å². The summed E-state index contributed by atoms with van der Waals surface area (Å²) in [5, 5.41) is 0. The topological polar surface area (TPSA) is 30.3 Å². The Bertz CT molecular complexity index is 703. The summed E-state index contributed by atoms with van der Waals surface area (Å²) in [7, 11) is 4.01. The summed E-state index contributed by atoms with van der Waals surface area (Å²) in [5.41, 5.74) is 0.472. The number of aromatic nitrogens is 2. The Morgan fingerprint density at radius 2 is 2.12 bits per heavy atom. The lowest BCUT2D eigenvalue weighted by atomic mass is 10.2. The lowest BCUT2D eigenvalue weighted by Gasteiger charge is -2.15. The average Bonchev–Trinajstić information content (AvgIpc) is 3.13. The van der Waals surface area contributed by atoms with Crippen molar-refractivity contribution in [3.8, 4) is 0 Å². The van der Waals surface area contributed by atoms with E-state index >= 15 is 0 Å². The third-order valence-corrected chi connectivity index (χ3v) is 4.31. The molecule has 0 N–H and O–H groups in total. The molecule has 1 aromatic heterocycles. The van der Waals surface area contributed by atoms with Crippen LogP contribution in [-0.4, -0.2) is 41.7 Å². The van der Waals surface area contributed by atoms with Crippen LogP contribution in [0.2, 0.25) is 0 Å². The van der Waals surface area contributed by atoms with E-state index in [9.17, 15) is 13.2 Å². The minimum atomic E-state index is -4.35. The van der Waals surface area contributed by atoms with Crippen molar-refractivity contribution >= 4 is 11.0 Å². The second-order valence-corrected chi connectivity index (χ2v) is 6.48. The van der Waals surface area contributed by atoms with E-state index in [2.05, 4.69) is 9.88 Å². The standard InChI is InChI=1S/C17H22F3N3O/c1-22(2)8-4-9-23-14-7-6-12(17(18,19)20)11-13(14)21-16(23)15-5-3-10-24-15/h6-7,11,15H,3-5,8-10H2,1-2H3. The van der Waals surface area contributed by atoms with Gasteiger partial charge in [0.25, 0.3) is 0 Å². The van der Waals surface area contributed by atoms with Crippen molar-refractivity contribution in [3.05, 3.63) is 29.6 Å². The molecule has 1 aliphatic heterocycles. The van der Waals surface area contributed by atoms with Gasteiger partial charge in [0.05, 0.1) is 16.6 Å². The summed E-state index contributed by atoms with van der Waals surface area (Å²) < 4.78 is 46.6. The monoisotopic (exact) mass is 341 g/mol. The highest BCUT2D eigenvalue weighted by molar-refractivity contribution is 5.77. The first-order valence-electron chi connectivity index (χ1n) is 8.20. The first-order chi connectivity index (χ1) is 11.4. The fourth-order valence-electron chi connectivity index (χ4n) is 3.13. The Kier molecular flexibility index (Phi) is 4.83. The molecule has 1 unspecified atom stereocenters. The Morgan fingerprint density at radius 1 is 1.33 bits per heavy atom. The maximum Gasteiger partial charge on any atom is 0.416 e. The van der Waals surface area contributed by atoms with Crippen LogP contribution in [-0.2, 0) is 17.5 Å². The zero-order chi connectivity index (χ0) is 17.3. The number of nitrogens with zero attached hydrogens (tertiary/aromatic N) is 3. The first-order valence-corrected chi connectivity index (χ1v) is 8.20. The third-order valence-electron chi connectivity index (χ3n) is 4.31. The molecule has 1 fully saturated rings. The molecule has 0 bridgehead atoms. The normalized spacial score (nSPS) is 18.8. The molecule has 24 heavy (non-hydrogen) atoms.